The van der Waals surface area contributed by atoms with Gasteiger partial charge in [0.2, 0.25) is 0 Å². The number of hydrogen-bond donors (Lipinski definition) is 1. The molecule has 0 bridgehead atoms. The number of rotatable bonds is 4. The molecule has 1 aliphatic carbocycles. The van der Waals surface area contributed by atoms with E-state index < -0.39 is 0 Å². The lowest BCUT2D eigenvalue weighted by Crippen LogP contribution is -2.43. The summed E-state index contributed by atoms with van der Waals surface area (Å²) >= 11 is 6.01. The molecular weight excluding hydrogens is 230 g/mol. The first-order chi connectivity index (χ1) is 8.06. The normalized spacial score (nSPS) is 25.7. The van der Waals surface area contributed by atoms with Crippen molar-refractivity contribution < 1.29 is 0 Å². The van der Waals surface area contributed by atoms with E-state index in [4.69, 9.17) is 11.6 Å². The van der Waals surface area contributed by atoms with Crippen molar-refractivity contribution in [2.24, 2.45) is 11.8 Å². The minimum atomic E-state index is 0.395. The fourth-order valence-electron chi connectivity index (χ4n) is 2.57. The van der Waals surface area contributed by atoms with Gasteiger partial charge in [0.1, 0.15) is 0 Å². The van der Waals surface area contributed by atoms with Gasteiger partial charge in [-0.15, -0.1) is 0 Å². The average Bonchev–Trinajstić information content (AvgIpc) is 2.21. The maximum atomic E-state index is 6.01. The molecule has 2 rings (SSSR count). The third-order valence-corrected chi connectivity index (χ3v) is 4.19. The lowest BCUT2D eigenvalue weighted by molar-refractivity contribution is 0.159. The number of nitrogens with one attached hydrogen (secondary N) is 1. The molecule has 0 aliphatic heterocycles. The summed E-state index contributed by atoms with van der Waals surface area (Å²) in [4.78, 5) is 0. The van der Waals surface area contributed by atoms with Crippen LogP contribution in [0, 0.1) is 11.8 Å². The summed E-state index contributed by atoms with van der Waals surface area (Å²) < 4.78 is 0. The second kappa shape index (κ2) is 5.41. The van der Waals surface area contributed by atoms with Gasteiger partial charge in [0.15, 0.2) is 0 Å². The van der Waals surface area contributed by atoms with Crippen LogP contribution >= 0.6 is 11.6 Å². The van der Waals surface area contributed by atoms with E-state index in [1.807, 2.05) is 12.1 Å². The summed E-state index contributed by atoms with van der Waals surface area (Å²) in [7, 11) is 0. The highest BCUT2D eigenvalue weighted by molar-refractivity contribution is 6.30. The SMILES string of the molecule is CC(NC1CC(C(C)C)C1)c1cccc(Cl)c1. The number of benzene rings is 1. The maximum Gasteiger partial charge on any atom is 0.0409 e. The molecule has 17 heavy (non-hydrogen) atoms. The molecule has 1 aromatic rings. The van der Waals surface area contributed by atoms with E-state index in [0.717, 1.165) is 16.9 Å². The Bertz CT molecular complexity index is 369. The minimum Gasteiger partial charge on any atom is -0.307 e. The molecule has 1 unspecified atom stereocenters. The summed E-state index contributed by atoms with van der Waals surface area (Å²) in [6.07, 6.45) is 2.64. The summed E-state index contributed by atoms with van der Waals surface area (Å²) in [5.41, 5.74) is 1.28. The lowest BCUT2D eigenvalue weighted by Gasteiger charge is -2.40. The molecule has 1 aliphatic rings. The number of halogens is 1. The molecule has 1 aromatic carbocycles. The van der Waals surface area contributed by atoms with Gasteiger partial charge < -0.3 is 5.32 Å². The Balaban J connectivity index is 1.85. The monoisotopic (exact) mass is 251 g/mol. The van der Waals surface area contributed by atoms with Crippen molar-refractivity contribution in [3.05, 3.63) is 34.9 Å². The molecule has 2 heteroatoms. The van der Waals surface area contributed by atoms with Crippen LogP contribution in [-0.2, 0) is 0 Å². The summed E-state index contributed by atoms with van der Waals surface area (Å²) in [6.45, 7) is 6.86. The van der Waals surface area contributed by atoms with Gasteiger partial charge in [0.25, 0.3) is 0 Å². The molecule has 0 saturated heterocycles. The summed E-state index contributed by atoms with van der Waals surface area (Å²) in [6, 6.07) is 9.23. The third kappa shape index (κ3) is 3.23. The van der Waals surface area contributed by atoms with Crippen LogP contribution in [0.2, 0.25) is 5.02 Å². The van der Waals surface area contributed by atoms with E-state index in [2.05, 4.69) is 38.2 Å². The van der Waals surface area contributed by atoms with Gasteiger partial charge in [-0.3, -0.25) is 0 Å². The molecule has 1 nitrogen and oxygen atoms in total. The standard InChI is InChI=1S/C15H22ClN/c1-10(2)13-8-15(9-13)17-11(3)12-5-4-6-14(16)7-12/h4-7,10-11,13,15,17H,8-9H2,1-3H3. The van der Waals surface area contributed by atoms with Gasteiger partial charge in [0.05, 0.1) is 0 Å². The summed E-state index contributed by atoms with van der Waals surface area (Å²) in [5.74, 6) is 1.74. The highest BCUT2D eigenvalue weighted by Crippen LogP contribution is 2.34. The molecule has 94 valence electrons. The quantitative estimate of drug-likeness (QED) is 0.835. The minimum absolute atomic E-state index is 0.395. The predicted molar refractivity (Wildman–Crippen MR) is 74.4 cm³/mol. The Kier molecular flexibility index (Phi) is 4.11. The zero-order valence-corrected chi connectivity index (χ0v) is 11.7. The average molecular weight is 252 g/mol. The molecule has 0 heterocycles. The highest BCUT2D eigenvalue weighted by atomic mass is 35.5. The molecule has 1 N–H and O–H groups in total. The van der Waals surface area contributed by atoms with E-state index in [0.29, 0.717) is 12.1 Å². The van der Waals surface area contributed by atoms with Gasteiger partial charge >= 0.3 is 0 Å². The first-order valence-corrected chi connectivity index (χ1v) is 6.95. The van der Waals surface area contributed by atoms with Crippen molar-refractivity contribution in [1.29, 1.82) is 0 Å². The molecule has 1 fully saturated rings. The van der Waals surface area contributed by atoms with Gasteiger partial charge in [-0.2, -0.15) is 0 Å². The topological polar surface area (TPSA) is 12.0 Å². The fourth-order valence-corrected chi connectivity index (χ4v) is 2.77. The van der Waals surface area contributed by atoms with Crippen LogP contribution in [0.3, 0.4) is 0 Å². The molecule has 0 amide bonds. The van der Waals surface area contributed by atoms with Crippen molar-refractivity contribution in [1.82, 2.24) is 5.32 Å². The van der Waals surface area contributed by atoms with Crippen LogP contribution in [0.1, 0.15) is 45.2 Å². The molecular formula is C15H22ClN. The predicted octanol–water partition coefficient (Wildman–Crippen LogP) is 4.43. The first-order valence-electron chi connectivity index (χ1n) is 6.57. The second-order valence-corrected chi connectivity index (χ2v) is 6.05. The van der Waals surface area contributed by atoms with Crippen LogP contribution in [0.15, 0.2) is 24.3 Å². The van der Waals surface area contributed by atoms with Crippen molar-refractivity contribution in [3.63, 3.8) is 0 Å². The zero-order valence-electron chi connectivity index (χ0n) is 10.9. The Hall–Kier alpha value is -0.530. The van der Waals surface area contributed by atoms with Crippen LogP contribution in [0.4, 0.5) is 0 Å². The largest absolute Gasteiger partial charge is 0.307 e. The van der Waals surface area contributed by atoms with Crippen LogP contribution < -0.4 is 5.32 Å². The van der Waals surface area contributed by atoms with Gasteiger partial charge in [-0.05, 0) is 49.3 Å². The molecule has 0 spiro atoms. The van der Waals surface area contributed by atoms with Gasteiger partial charge in [-0.1, -0.05) is 37.6 Å². The highest BCUT2D eigenvalue weighted by Gasteiger charge is 2.31. The summed E-state index contributed by atoms with van der Waals surface area (Å²) in [5, 5.41) is 4.51. The lowest BCUT2D eigenvalue weighted by atomic mass is 9.73. The van der Waals surface area contributed by atoms with Crippen molar-refractivity contribution in [2.45, 2.75) is 45.7 Å². The smallest absolute Gasteiger partial charge is 0.0409 e. The van der Waals surface area contributed by atoms with Gasteiger partial charge in [0, 0.05) is 17.1 Å². The van der Waals surface area contributed by atoms with E-state index in [1.54, 1.807) is 0 Å². The van der Waals surface area contributed by atoms with Gasteiger partial charge in [-0.25, -0.2) is 0 Å². The van der Waals surface area contributed by atoms with E-state index in [9.17, 15) is 0 Å². The molecule has 0 radical (unpaired) electrons. The second-order valence-electron chi connectivity index (χ2n) is 5.62. The Labute approximate surface area is 110 Å². The van der Waals surface area contributed by atoms with E-state index in [1.165, 1.54) is 18.4 Å². The van der Waals surface area contributed by atoms with E-state index in [-0.39, 0.29) is 0 Å². The van der Waals surface area contributed by atoms with Crippen molar-refractivity contribution in [2.75, 3.05) is 0 Å². The first kappa shape index (κ1) is 12.9. The van der Waals surface area contributed by atoms with Crippen molar-refractivity contribution in [3.8, 4) is 0 Å². The Morgan fingerprint density at radius 2 is 1.94 bits per heavy atom. The van der Waals surface area contributed by atoms with Crippen molar-refractivity contribution >= 4 is 11.6 Å². The maximum absolute atomic E-state index is 6.01. The van der Waals surface area contributed by atoms with Crippen LogP contribution in [-0.4, -0.2) is 6.04 Å². The molecule has 1 atom stereocenters. The molecule has 0 aromatic heterocycles. The zero-order chi connectivity index (χ0) is 12.4. The Morgan fingerprint density at radius 1 is 1.24 bits per heavy atom. The van der Waals surface area contributed by atoms with Crippen LogP contribution in [0.25, 0.3) is 0 Å². The third-order valence-electron chi connectivity index (χ3n) is 3.95. The number of hydrogen-bond acceptors (Lipinski definition) is 1. The van der Waals surface area contributed by atoms with Crippen LogP contribution in [0.5, 0.6) is 0 Å². The Morgan fingerprint density at radius 3 is 2.53 bits per heavy atom. The molecule has 1 saturated carbocycles. The van der Waals surface area contributed by atoms with E-state index >= 15 is 0 Å². The fraction of sp³-hybridized carbons (Fsp3) is 0.600.